The van der Waals surface area contributed by atoms with Crippen molar-refractivity contribution in [2.24, 2.45) is 11.8 Å². The first-order valence-electron chi connectivity index (χ1n) is 12.7. The third-order valence-corrected chi connectivity index (χ3v) is 8.44. The van der Waals surface area contributed by atoms with Crippen molar-refractivity contribution in [3.63, 3.8) is 0 Å². The van der Waals surface area contributed by atoms with Gasteiger partial charge < -0.3 is 24.6 Å². The highest BCUT2D eigenvalue weighted by Gasteiger charge is 2.40. The Morgan fingerprint density at radius 2 is 1.62 bits per heavy atom. The summed E-state index contributed by atoms with van der Waals surface area (Å²) >= 11 is 0. The van der Waals surface area contributed by atoms with Crippen molar-refractivity contribution in [2.45, 2.75) is 51.1 Å². The highest BCUT2D eigenvalue weighted by atomic mass is 16.5. The normalized spacial score (nSPS) is 26.2. The van der Waals surface area contributed by atoms with Crippen molar-refractivity contribution in [3.8, 4) is 23.0 Å². The van der Waals surface area contributed by atoms with Gasteiger partial charge in [0.1, 0.15) is 0 Å². The van der Waals surface area contributed by atoms with Gasteiger partial charge in [-0.2, -0.15) is 0 Å². The SMILES string of the molecule is CC[C@H]1CN2CCc3cc(O)c(OC)cc3[C@@H]2C[C@@H]1C[C@H]1NCCc2cc(OC)c(OC)cc21. The van der Waals surface area contributed by atoms with Crippen molar-refractivity contribution in [3.05, 3.63) is 46.5 Å². The number of hydrogen-bond donors (Lipinski definition) is 2. The molecule has 4 atom stereocenters. The first-order chi connectivity index (χ1) is 16.6. The Bertz CT molecular complexity index is 1040. The molecule has 1 saturated heterocycles. The highest BCUT2D eigenvalue weighted by Crippen LogP contribution is 2.47. The van der Waals surface area contributed by atoms with Crippen LogP contribution >= 0.6 is 0 Å². The van der Waals surface area contributed by atoms with E-state index in [1.807, 2.05) is 6.07 Å². The molecule has 2 N–H and O–H groups in total. The van der Waals surface area contributed by atoms with E-state index >= 15 is 0 Å². The molecule has 2 aromatic rings. The van der Waals surface area contributed by atoms with Gasteiger partial charge >= 0.3 is 0 Å². The van der Waals surface area contributed by atoms with Crippen molar-refractivity contribution >= 4 is 0 Å². The summed E-state index contributed by atoms with van der Waals surface area (Å²) in [6, 6.07) is 9.06. The Morgan fingerprint density at radius 1 is 0.912 bits per heavy atom. The van der Waals surface area contributed by atoms with Crippen molar-refractivity contribution < 1.29 is 19.3 Å². The number of benzene rings is 2. The average Bonchev–Trinajstić information content (AvgIpc) is 2.87. The number of hydrogen-bond acceptors (Lipinski definition) is 6. The monoisotopic (exact) mass is 466 g/mol. The van der Waals surface area contributed by atoms with E-state index in [9.17, 15) is 5.11 Å². The van der Waals surface area contributed by atoms with Crippen molar-refractivity contribution in [1.82, 2.24) is 10.2 Å². The zero-order chi connectivity index (χ0) is 23.8. The van der Waals surface area contributed by atoms with Gasteiger partial charge in [0.25, 0.3) is 0 Å². The number of rotatable bonds is 6. The number of methoxy groups -OCH3 is 3. The summed E-state index contributed by atoms with van der Waals surface area (Å²) < 4.78 is 16.7. The minimum Gasteiger partial charge on any atom is -0.504 e. The van der Waals surface area contributed by atoms with Gasteiger partial charge in [-0.1, -0.05) is 13.3 Å². The van der Waals surface area contributed by atoms with Gasteiger partial charge in [-0.3, -0.25) is 4.90 Å². The summed E-state index contributed by atoms with van der Waals surface area (Å²) in [6.07, 6.45) is 5.46. The fourth-order valence-corrected chi connectivity index (χ4v) is 6.59. The molecule has 1 fully saturated rings. The molecule has 2 aromatic carbocycles. The minimum absolute atomic E-state index is 0.251. The van der Waals surface area contributed by atoms with Crippen LogP contribution in [0.4, 0.5) is 0 Å². The summed E-state index contributed by atoms with van der Waals surface area (Å²) in [5, 5.41) is 14.1. The standard InChI is InChI=1S/C28H38N2O4/c1-5-17-16-30-9-7-19-12-25(31)26(32-2)15-22(19)24(30)11-20(17)10-23-21-14-28(34-4)27(33-3)13-18(21)6-8-29-23/h12-15,17,20,23-24,29,31H,5-11,16H2,1-4H3/t17-,20-,23+,24-/m0/s1. The number of ether oxygens (including phenoxy) is 3. The summed E-state index contributed by atoms with van der Waals surface area (Å²) in [6.45, 7) is 5.53. The smallest absolute Gasteiger partial charge is 0.161 e. The van der Waals surface area contributed by atoms with E-state index in [1.54, 1.807) is 21.3 Å². The zero-order valence-corrected chi connectivity index (χ0v) is 20.9. The second-order valence-corrected chi connectivity index (χ2v) is 10.0. The Labute approximate surface area is 203 Å². The number of aromatic hydroxyl groups is 1. The summed E-state index contributed by atoms with van der Waals surface area (Å²) in [7, 11) is 5.05. The van der Waals surface area contributed by atoms with Crippen LogP contribution in [0.3, 0.4) is 0 Å². The molecule has 0 radical (unpaired) electrons. The molecule has 6 heteroatoms. The zero-order valence-electron chi connectivity index (χ0n) is 20.9. The number of nitrogens with one attached hydrogen (secondary N) is 1. The van der Waals surface area contributed by atoms with E-state index in [2.05, 4.69) is 35.3 Å². The van der Waals surface area contributed by atoms with Crippen LogP contribution in [0, 0.1) is 11.8 Å². The second kappa shape index (κ2) is 9.67. The van der Waals surface area contributed by atoms with Gasteiger partial charge in [-0.25, -0.2) is 0 Å². The van der Waals surface area contributed by atoms with Gasteiger partial charge in [0.15, 0.2) is 23.0 Å². The molecule has 0 saturated carbocycles. The van der Waals surface area contributed by atoms with Gasteiger partial charge in [0.2, 0.25) is 0 Å². The molecule has 0 bridgehead atoms. The third kappa shape index (κ3) is 4.11. The van der Waals surface area contributed by atoms with Crippen LogP contribution in [0.5, 0.6) is 23.0 Å². The molecule has 0 unspecified atom stereocenters. The number of nitrogens with zero attached hydrogens (tertiary/aromatic N) is 1. The van der Waals surface area contributed by atoms with Crippen LogP contribution in [0.1, 0.15) is 60.5 Å². The molecular weight excluding hydrogens is 428 g/mol. The van der Waals surface area contributed by atoms with Crippen LogP contribution in [0.2, 0.25) is 0 Å². The second-order valence-electron chi connectivity index (χ2n) is 10.0. The Morgan fingerprint density at radius 3 is 2.35 bits per heavy atom. The lowest BCUT2D eigenvalue weighted by Gasteiger charge is -2.48. The van der Waals surface area contributed by atoms with Gasteiger partial charge in [0.05, 0.1) is 21.3 Å². The average molecular weight is 467 g/mol. The van der Waals surface area contributed by atoms with Crippen molar-refractivity contribution in [2.75, 3.05) is 41.0 Å². The number of piperidine rings is 1. The highest BCUT2D eigenvalue weighted by molar-refractivity contribution is 5.50. The maximum atomic E-state index is 10.3. The number of phenolic OH excluding ortho intramolecular Hbond substituents is 1. The molecule has 3 heterocycles. The minimum atomic E-state index is 0.251. The summed E-state index contributed by atoms with van der Waals surface area (Å²) in [5.74, 6) is 3.76. The van der Waals surface area contributed by atoms with Crippen LogP contribution in [0.25, 0.3) is 0 Å². The fraction of sp³-hybridized carbons (Fsp3) is 0.571. The van der Waals surface area contributed by atoms with E-state index in [-0.39, 0.29) is 5.75 Å². The lowest BCUT2D eigenvalue weighted by molar-refractivity contribution is 0.0435. The van der Waals surface area contributed by atoms with Gasteiger partial charge in [-0.15, -0.1) is 0 Å². The third-order valence-electron chi connectivity index (χ3n) is 8.44. The predicted octanol–water partition coefficient (Wildman–Crippen LogP) is 4.64. The number of phenols is 1. The molecule has 0 spiro atoms. The van der Waals surface area contributed by atoms with E-state index < -0.39 is 0 Å². The molecule has 5 rings (SSSR count). The van der Waals surface area contributed by atoms with E-state index in [0.717, 1.165) is 56.8 Å². The van der Waals surface area contributed by atoms with Gasteiger partial charge in [0, 0.05) is 25.2 Å². The summed E-state index contributed by atoms with van der Waals surface area (Å²) in [4.78, 5) is 2.67. The molecular formula is C28H38N2O4. The Balaban J connectivity index is 1.43. The predicted molar refractivity (Wildman–Crippen MR) is 133 cm³/mol. The molecule has 3 aliphatic heterocycles. The molecule has 6 nitrogen and oxygen atoms in total. The maximum absolute atomic E-state index is 10.3. The maximum Gasteiger partial charge on any atom is 0.161 e. The topological polar surface area (TPSA) is 63.2 Å². The van der Waals surface area contributed by atoms with E-state index in [0.29, 0.717) is 29.7 Å². The lowest BCUT2D eigenvalue weighted by atomic mass is 9.72. The Kier molecular flexibility index (Phi) is 6.63. The Hall–Kier alpha value is -2.44. The van der Waals surface area contributed by atoms with Crippen LogP contribution in [-0.4, -0.2) is 51.0 Å². The molecule has 184 valence electrons. The van der Waals surface area contributed by atoms with Gasteiger partial charge in [-0.05, 0) is 90.6 Å². The first kappa shape index (κ1) is 23.3. The molecule has 0 aliphatic carbocycles. The largest absolute Gasteiger partial charge is 0.504 e. The quantitative estimate of drug-likeness (QED) is 0.647. The lowest BCUT2D eigenvalue weighted by Crippen LogP contribution is -2.46. The van der Waals surface area contributed by atoms with Crippen LogP contribution < -0.4 is 19.5 Å². The first-order valence-corrected chi connectivity index (χ1v) is 12.7. The number of fused-ring (bicyclic) bond motifs is 4. The molecule has 34 heavy (non-hydrogen) atoms. The molecule has 0 aromatic heterocycles. The van der Waals surface area contributed by atoms with Crippen LogP contribution in [-0.2, 0) is 12.8 Å². The van der Waals surface area contributed by atoms with E-state index in [1.165, 1.54) is 28.7 Å². The summed E-state index contributed by atoms with van der Waals surface area (Å²) in [5.41, 5.74) is 5.34. The molecule has 3 aliphatic rings. The molecule has 0 amide bonds. The van der Waals surface area contributed by atoms with E-state index in [4.69, 9.17) is 14.2 Å². The van der Waals surface area contributed by atoms with Crippen molar-refractivity contribution in [1.29, 1.82) is 0 Å². The van der Waals surface area contributed by atoms with Crippen LogP contribution in [0.15, 0.2) is 24.3 Å². The fourth-order valence-electron chi connectivity index (χ4n) is 6.59.